The first-order valence-corrected chi connectivity index (χ1v) is 8.90. The Bertz CT molecular complexity index is 545. The van der Waals surface area contributed by atoms with E-state index < -0.39 is 0 Å². The van der Waals surface area contributed by atoms with Crippen molar-refractivity contribution in [3.05, 3.63) is 53.3 Å². The number of nitrogens with zero attached hydrogens (tertiary/aromatic N) is 2. The molecule has 0 aliphatic rings. The molecule has 114 valence electrons. The SMILES string of the molecule is CCC(C)n1ccc(CC(CBr)Cc2ccc(C)cc2)n1. The molecule has 0 saturated carbocycles. The molecule has 2 unspecified atom stereocenters. The molecule has 0 saturated heterocycles. The maximum Gasteiger partial charge on any atom is 0.0627 e. The summed E-state index contributed by atoms with van der Waals surface area (Å²) in [5, 5.41) is 5.73. The van der Waals surface area contributed by atoms with E-state index in [0.29, 0.717) is 12.0 Å². The first-order valence-electron chi connectivity index (χ1n) is 7.78. The van der Waals surface area contributed by atoms with E-state index in [2.05, 4.69) is 77.9 Å². The van der Waals surface area contributed by atoms with E-state index in [0.717, 1.165) is 24.6 Å². The van der Waals surface area contributed by atoms with Crippen molar-refractivity contribution < 1.29 is 0 Å². The minimum absolute atomic E-state index is 0.485. The molecule has 0 bridgehead atoms. The first-order chi connectivity index (χ1) is 10.1. The molecule has 2 nitrogen and oxygen atoms in total. The normalized spacial score (nSPS) is 14.1. The average molecular weight is 349 g/mol. The van der Waals surface area contributed by atoms with Gasteiger partial charge in [-0.1, -0.05) is 52.7 Å². The van der Waals surface area contributed by atoms with Crippen molar-refractivity contribution in [2.75, 3.05) is 5.33 Å². The number of halogens is 1. The van der Waals surface area contributed by atoms with Crippen molar-refractivity contribution >= 4 is 15.9 Å². The number of benzene rings is 1. The van der Waals surface area contributed by atoms with Gasteiger partial charge in [-0.25, -0.2) is 0 Å². The molecule has 0 aliphatic carbocycles. The minimum Gasteiger partial charge on any atom is -0.270 e. The topological polar surface area (TPSA) is 17.8 Å². The van der Waals surface area contributed by atoms with Crippen LogP contribution in [0.25, 0.3) is 0 Å². The Kier molecular flexibility index (Phi) is 6.04. The molecule has 1 heterocycles. The molecule has 0 N–H and O–H groups in total. The third-order valence-electron chi connectivity index (χ3n) is 4.07. The summed E-state index contributed by atoms with van der Waals surface area (Å²) in [6.07, 6.45) is 5.36. The van der Waals surface area contributed by atoms with Gasteiger partial charge in [-0.15, -0.1) is 0 Å². The molecule has 0 spiro atoms. The van der Waals surface area contributed by atoms with Crippen LogP contribution in [-0.4, -0.2) is 15.1 Å². The Morgan fingerprint density at radius 3 is 2.48 bits per heavy atom. The monoisotopic (exact) mass is 348 g/mol. The van der Waals surface area contributed by atoms with Crippen LogP contribution in [0.1, 0.15) is 43.1 Å². The highest BCUT2D eigenvalue weighted by Crippen LogP contribution is 2.18. The second-order valence-electron chi connectivity index (χ2n) is 5.96. The zero-order valence-electron chi connectivity index (χ0n) is 13.2. The maximum absolute atomic E-state index is 4.72. The van der Waals surface area contributed by atoms with E-state index in [1.807, 2.05) is 0 Å². The van der Waals surface area contributed by atoms with E-state index in [-0.39, 0.29) is 0 Å². The summed E-state index contributed by atoms with van der Waals surface area (Å²) < 4.78 is 2.09. The zero-order valence-corrected chi connectivity index (χ0v) is 14.8. The van der Waals surface area contributed by atoms with Crippen LogP contribution in [0, 0.1) is 12.8 Å². The third-order valence-corrected chi connectivity index (χ3v) is 4.98. The molecule has 0 aliphatic heterocycles. The lowest BCUT2D eigenvalue weighted by Crippen LogP contribution is -2.11. The Labute approximate surface area is 136 Å². The van der Waals surface area contributed by atoms with E-state index in [4.69, 9.17) is 5.10 Å². The summed E-state index contributed by atoms with van der Waals surface area (Å²) >= 11 is 3.66. The van der Waals surface area contributed by atoms with Crippen LogP contribution < -0.4 is 0 Å². The number of aromatic nitrogens is 2. The van der Waals surface area contributed by atoms with Gasteiger partial charge in [0.05, 0.1) is 5.69 Å². The van der Waals surface area contributed by atoms with Gasteiger partial charge in [0.25, 0.3) is 0 Å². The molecule has 1 aromatic carbocycles. The molecule has 0 fully saturated rings. The van der Waals surface area contributed by atoms with Gasteiger partial charge < -0.3 is 0 Å². The van der Waals surface area contributed by atoms with Crippen LogP contribution in [-0.2, 0) is 12.8 Å². The summed E-state index contributed by atoms with van der Waals surface area (Å²) in [5.74, 6) is 0.591. The summed E-state index contributed by atoms with van der Waals surface area (Å²) in [6.45, 7) is 6.54. The van der Waals surface area contributed by atoms with Crippen LogP contribution in [0.5, 0.6) is 0 Å². The van der Waals surface area contributed by atoms with Crippen molar-refractivity contribution in [1.29, 1.82) is 0 Å². The minimum atomic E-state index is 0.485. The van der Waals surface area contributed by atoms with Crippen LogP contribution >= 0.6 is 15.9 Å². The molecule has 0 amide bonds. The molecular weight excluding hydrogens is 324 g/mol. The van der Waals surface area contributed by atoms with E-state index in [1.54, 1.807) is 0 Å². The molecule has 21 heavy (non-hydrogen) atoms. The Hall–Kier alpha value is -1.09. The van der Waals surface area contributed by atoms with Crippen molar-refractivity contribution in [1.82, 2.24) is 9.78 Å². The Balaban J connectivity index is 1.98. The lowest BCUT2D eigenvalue weighted by atomic mass is 9.96. The van der Waals surface area contributed by atoms with Crippen LogP contribution in [0.15, 0.2) is 36.5 Å². The highest BCUT2D eigenvalue weighted by atomic mass is 79.9. The van der Waals surface area contributed by atoms with Gasteiger partial charge in [0.1, 0.15) is 0 Å². The van der Waals surface area contributed by atoms with Gasteiger partial charge in [0.2, 0.25) is 0 Å². The van der Waals surface area contributed by atoms with Crippen molar-refractivity contribution in [3.63, 3.8) is 0 Å². The predicted octanol–water partition coefficient (Wildman–Crippen LogP) is 4.96. The van der Waals surface area contributed by atoms with Crippen LogP contribution in [0.2, 0.25) is 0 Å². The smallest absolute Gasteiger partial charge is 0.0627 e. The number of aryl methyl sites for hydroxylation is 1. The summed E-state index contributed by atoms with van der Waals surface area (Å²) in [5.41, 5.74) is 3.93. The lowest BCUT2D eigenvalue weighted by Gasteiger charge is -2.13. The second kappa shape index (κ2) is 7.79. The van der Waals surface area contributed by atoms with E-state index in [1.165, 1.54) is 16.8 Å². The molecule has 2 atom stereocenters. The zero-order chi connectivity index (χ0) is 15.2. The fraction of sp³-hybridized carbons (Fsp3) is 0.500. The molecule has 2 rings (SSSR count). The predicted molar refractivity (Wildman–Crippen MR) is 93.1 cm³/mol. The van der Waals surface area contributed by atoms with Crippen LogP contribution in [0.4, 0.5) is 0 Å². The Morgan fingerprint density at radius 1 is 1.14 bits per heavy atom. The van der Waals surface area contributed by atoms with Gasteiger partial charge in [-0.3, -0.25) is 4.68 Å². The van der Waals surface area contributed by atoms with Gasteiger partial charge in [0.15, 0.2) is 0 Å². The number of alkyl halides is 1. The van der Waals surface area contributed by atoms with E-state index >= 15 is 0 Å². The fourth-order valence-electron chi connectivity index (χ4n) is 2.45. The third kappa shape index (κ3) is 4.70. The first kappa shape index (κ1) is 16.3. The average Bonchev–Trinajstić information content (AvgIpc) is 2.96. The molecule has 1 aromatic heterocycles. The summed E-state index contributed by atoms with van der Waals surface area (Å²) in [6, 6.07) is 11.5. The van der Waals surface area contributed by atoms with Crippen molar-refractivity contribution in [2.24, 2.45) is 5.92 Å². The van der Waals surface area contributed by atoms with Gasteiger partial charge >= 0.3 is 0 Å². The Morgan fingerprint density at radius 2 is 1.86 bits per heavy atom. The molecule has 3 heteroatoms. The highest BCUT2D eigenvalue weighted by Gasteiger charge is 2.12. The number of rotatable bonds is 7. The summed E-state index contributed by atoms with van der Waals surface area (Å²) in [4.78, 5) is 0. The second-order valence-corrected chi connectivity index (χ2v) is 6.61. The lowest BCUT2D eigenvalue weighted by molar-refractivity contribution is 0.468. The summed E-state index contributed by atoms with van der Waals surface area (Å²) in [7, 11) is 0. The van der Waals surface area contributed by atoms with Gasteiger partial charge in [-0.05, 0) is 50.7 Å². The van der Waals surface area contributed by atoms with Crippen LogP contribution in [0.3, 0.4) is 0 Å². The molecule has 2 aromatic rings. The quantitative estimate of drug-likeness (QED) is 0.646. The molecule has 0 radical (unpaired) electrons. The van der Waals surface area contributed by atoms with Crippen molar-refractivity contribution in [2.45, 2.75) is 46.1 Å². The maximum atomic E-state index is 4.72. The number of hydrogen-bond donors (Lipinski definition) is 0. The standard InChI is InChI=1S/C18H25BrN2/c1-4-15(3)21-10-9-18(20-21)12-17(13-19)11-16-7-5-14(2)6-8-16/h5-10,15,17H,4,11-13H2,1-3H3. The largest absolute Gasteiger partial charge is 0.270 e. The van der Waals surface area contributed by atoms with Crippen molar-refractivity contribution in [3.8, 4) is 0 Å². The van der Waals surface area contributed by atoms with E-state index in [9.17, 15) is 0 Å². The van der Waals surface area contributed by atoms with Gasteiger partial charge in [-0.2, -0.15) is 5.10 Å². The fourth-order valence-corrected chi connectivity index (χ4v) is 2.91. The number of hydrogen-bond acceptors (Lipinski definition) is 1. The van der Waals surface area contributed by atoms with Gasteiger partial charge in [0, 0.05) is 17.6 Å². The highest BCUT2D eigenvalue weighted by molar-refractivity contribution is 9.09. The molecular formula is C18H25BrN2.